The van der Waals surface area contributed by atoms with Crippen molar-refractivity contribution in [3.8, 4) is 27.6 Å². The number of aromatic nitrogens is 2. The molecule has 62 heavy (non-hydrogen) atoms. The topological polar surface area (TPSA) is 93.3 Å². The molecule has 0 bridgehead atoms. The van der Waals surface area contributed by atoms with Gasteiger partial charge in [0.15, 0.2) is 0 Å². The summed E-state index contributed by atoms with van der Waals surface area (Å²) in [6.45, 7) is 6.43. The van der Waals surface area contributed by atoms with E-state index in [1.165, 1.54) is 45.2 Å². The smallest absolute Gasteiger partial charge is 0.346 e. The lowest BCUT2D eigenvalue weighted by Gasteiger charge is -2.33. The Hall–Kier alpha value is -6.51. The second kappa shape index (κ2) is 17.8. The van der Waals surface area contributed by atoms with E-state index in [-0.39, 0.29) is 5.57 Å². The maximum absolute atomic E-state index is 11.7. The van der Waals surface area contributed by atoms with Crippen LogP contribution in [-0.4, -0.2) is 19.8 Å². The molecule has 8 aromatic rings. The number of nitriles is 1. The zero-order valence-electron chi connectivity index (χ0n) is 34.6. The first-order valence-corrected chi connectivity index (χ1v) is 23.1. The Bertz CT molecular complexity index is 2950. The summed E-state index contributed by atoms with van der Waals surface area (Å²) in [6, 6.07) is 49.6. The van der Waals surface area contributed by atoms with Crippen LogP contribution in [0.1, 0.15) is 54.2 Å². The Labute approximate surface area is 374 Å². The predicted octanol–water partition coefficient (Wildman–Crippen LogP) is 15.2. The third kappa shape index (κ3) is 8.15. The number of carboxylic acids is 1. The van der Waals surface area contributed by atoms with Gasteiger partial charge in [-0.3, -0.25) is 0 Å². The normalized spacial score (nSPS) is 12.2. The van der Waals surface area contributed by atoms with Gasteiger partial charge in [0, 0.05) is 53.4 Å². The molecular weight excluding hydrogens is 823 g/mol. The van der Waals surface area contributed by atoms with E-state index in [0.29, 0.717) is 0 Å². The number of carbonyl (C=O) groups is 1. The molecular formula is C52H43N5O2S3. The van der Waals surface area contributed by atoms with E-state index >= 15 is 0 Å². The van der Waals surface area contributed by atoms with E-state index in [2.05, 4.69) is 158 Å². The van der Waals surface area contributed by atoms with Crippen LogP contribution in [0.25, 0.3) is 38.7 Å². The molecule has 6 aromatic carbocycles. The molecule has 0 fully saturated rings. The lowest BCUT2D eigenvalue weighted by Crippen LogP contribution is -2.15. The number of fused-ring (bicyclic) bond motifs is 3. The number of anilines is 6. The predicted molar refractivity (Wildman–Crippen MR) is 258 cm³/mol. The van der Waals surface area contributed by atoms with Crippen LogP contribution >= 0.6 is 34.8 Å². The van der Waals surface area contributed by atoms with Crippen molar-refractivity contribution in [2.24, 2.45) is 0 Å². The van der Waals surface area contributed by atoms with Gasteiger partial charge in [-0.1, -0.05) is 104 Å². The average molecular weight is 866 g/mol. The highest BCUT2D eigenvalue weighted by atomic mass is 32.2. The van der Waals surface area contributed by atoms with Crippen LogP contribution in [0.4, 0.5) is 34.1 Å². The molecule has 0 saturated heterocycles. The van der Waals surface area contributed by atoms with E-state index in [4.69, 9.17) is 8.75 Å². The van der Waals surface area contributed by atoms with Gasteiger partial charge in [-0.2, -0.15) is 14.0 Å². The van der Waals surface area contributed by atoms with Crippen molar-refractivity contribution >= 4 is 92.0 Å². The largest absolute Gasteiger partial charge is 0.477 e. The Balaban J connectivity index is 1.08. The van der Waals surface area contributed by atoms with Crippen molar-refractivity contribution < 1.29 is 9.90 Å². The number of hydrogen-bond acceptors (Lipinski definition) is 9. The zero-order valence-corrected chi connectivity index (χ0v) is 37.1. The molecule has 0 spiro atoms. The number of aliphatic carboxylic acids is 1. The molecule has 1 N–H and O–H groups in total. The summed E-state index contributed by atoms with van der Waals surface area (Å²) in [5.74, 6) is -1.23. The summed E-state index contributed by atoms with van der Waals surface area (Å²) < 4.78 is 9.70. The van der Waals surface area contributed by atoms with Crippen LogP contribution in [0, 0.1) is 25.2 Å². The van der Waals surface area contributed by atoms with Gasteiger partial charge in [0.05, 0.1) is 23.1 Å². The van der Waals surface area contributed by atoms with E-state index in [1.807, 2.05) is 12.1 Å². The first-order valence-electron chi connectivity index (χ1n) is 20.8. The summed E-state index contributed by atoms with van der Waals surface area (Å²) in [5, 5.41) is 19.1. The number of aryl methyl sites for hydroxylation is 3. The Morgan fingerprint density at radius 3 is 2.03 bits per heavy atom. The molecule has 1 aliphatic heterocycles. The maximum atomic E-state index is 11.7. The molecule has 3 heterocycles. The highest BCUT2D eigenvalue weighted by Crippen LogP contribution is 2.53. The fraction of sp³-hybridized carbons (Fsp3) is 0.154. The van der Waals surface area contributed by atoms with Gasteiger partial charge in [-0.15, -0.1) is 11.3 Å². The first-order chi connectivity index (χ1) is 30.3. The summed E-state index contributed by atoms with van der Waals surface area (Å²) in [7, 11) is 0. The molecule has 1 aliphatic rings. The molecule has 0 radical (unpaired) electrons. The highest BCUT2D eigenvalue weighted by Gasteiger charge is 2.27. The SMILES string of the molecule is CCCCCCc1cc(/C=C(/C#N)C(=O)O)sc1-c1ccc(-c2ccc3c(c2)Sc2ccccc2N3c2ccc(N(c3ccc(C)cc3)c3ccc(C)cc3)cc2)c2nsnc12. The third-order valence-electron chi connectivity index (χ3n) is 11.2. The summed E-state index contributed by atoms with van der Waals surface area (Å²) in [4.78, 5) is 20.5. The number of nitrogens with zero attached hydrogens (tertiary/aromatic N) is 5. The van der Waals surface area contributed by atoms with Gasteiger partial charge >= 0.3 is 5.97 Å². The van der Waals surface area contributed by atoms with Gasteiger partial charge in [0.1, 0.15) is 22.7 Å². The minimum absolute atomic E-state index is 0.280. The summed E-state index contributed by atoms with van der Waals surface area (Å²) >= 11 is 4.48. The molecule has 306 valence electrons. The lowest BCUT2D eigenvalue weighted by atomic mass is 9.97. The van der Waals surface area contributed by atoms with Crippen molar-refractivity contribution in [3.05, 3.63) is 161 Å². The fourth-order valence-electron chi connectivity index (χ4n) is 8.03. The highest BCUT2D eigenvalue weighted by molar-refractivity contribution is 7.99. The van der Waals surface area contributed by atoms with E-state index in [0.717, 1.165) is 114 Å². The van der Waals surface area contributed by atoms with E-state index < -0.39 is 5.97 Å². The van der Waals surface area contributed by atoms with Crippen LogP contribution in [0.3, 0.4) is 0 Å². The van der Waals surface area contributed by atoms with Crippen LogP contribution in [0.5, 0.6) is 0 Å². The Kier molecular flexibility index (Phi) is 11.8. The van der Waals surface area contributed by atoms with Crippen molar-refractivity contribution in [2.75, 3.05) is 9.80 Å². The second-order valence-electron chi connectivity index (χ2n) is 15.5. The molecule has 9 rings (SSSR count). The van der Waals surface area contributed by atoms with E-state index in [1.54, 1.807) is 11.8 Å². The van der Waals surface area contributed by atoms with Crippen LogP contribution in [-0.2, 0) is 11.2 Å². The third-order valence-corrected chi connectivity index (χ3v) is 14.0. The molecule has 7 nitrogen and oxygen atoms in total. The van der Waals surface area contributed by atoms with Gasteiger partial charge < -0.3 is 14.9 Å². The molecule has 2 aromatic heterocycles. The average Bonchev–Trinajstić information content (AvgIpc) is 3.95. The minimum Gasteiger partial charge on any atom is -0.477 e. The lowest BCUT2D eigenvalue weighted by molar-refractivity contribution is -0.132. The van der Waals surface area contributed by atoms with Gasteiger partial charge in [0.25, 0.3) is 0 Å². The van der Waals surface area contributed by atoms with Crippen LogP contribution in [0.15, 0.2) is 149 Å². The number of hydrogen-bond donors (Lipinski definition) is 1. The number of rotatable bonds is 13. The summed E-state index contributed by atoms with van der Waals surface area (Å²) in [6.07, 6.45) is 6.78. The minimum atomic E-state index is -1.23. The van der Waals surface area contributed by atoms with E-state index in [9.17, 15) is 15.2 Å². The van der Waals surface area contributed by atoms with Gasteiger partial charge in [-0.05, 0) is 123 Å². The van der Waals surface area contributed by atoms with Crippen molar-refractivity contribution in [2.45, 2.75) is 62.7 Å². The first kappa shape index (κ1) is 40.9. The molecule has 10 heteroatoms. The maximum Gasteiger partial charge on any atom is 0.346 e. The monoisotopic (exact) mass is 865 g/mol. The molecule has 0 unspecified atom stereocenters. The van der Waals surface area contributed by atoms with Gasteiger partial charge in [0.2, 0.25) is 0 Å². The molecule has 0 amide bonds. The van der Waals surface area contributed by atoms with Gasteiger partial charge in [-0.25, -0.2) is 4.79 Å². The number of benzene rings is 6. The molecule has 0 atom stereocenters. The zero-order chi connectivity index (χ0) is 42.7. The number of unbranched alkanes of at least 4 members (excludes halogenated alkanes) is 3. The fourth-order valence-corrected chi connectivity index (χ4v) is 10.9. The number of thiophene rings is 1. The second-order valence-corrected chi connectivity index (χ2v) is 18.2. The van der Waals surface area contributed by atoms with Crippen LogP contribution < -0.4 is 9.80 Å². The Morgan fingerprint density at radius 2 is 1.37 bits per heavy atom. The van der Waals surface area contributed by atoms with Crippen molar-refractivity contribution in [3.63, 3.8) is 0 Å². The van der Waals surface area contributed by atoms with Crippen molar-refractivity contribution in [1.29, 1.82) is 5.26 Å². The Morgan fingerprint density at radius 1 is 0.742 bits per heavy atom. The quantitative estimate of drug-likeness (QED) is 0.0696. The molecule has 0 saturated carbocycles. The summed E-state index contributed by atoms with van der Waals surface area (Å²) in [5.41, 5.74) is 14.6. The number of carboxylic acid groups (broad SMARTS) is 1. The molecule has 0 aliphatic carbocycles. The standard InChI is InChI=1S/C52H43N5O2S3/c1-4-5-6-7-10-36-29-42(30-37(32-53)52(58)59)60-51(36)44-27-26-43(49-50(44)55-62-54-49)35-17-28-46-48(31-35)61-47-12-9-8-11-45(47)57(46)41-24-22-40(23-25-41)56(38-18-13-33(2)14-19-38)39-20-15-34(3)16-21-39/h8-9,11-31H,4-7,10H2,1-3H3,(H,58,59)/b37-30-. The number of para-hydroxylation sites is 1. The van der Waals surface area contributed by atoms with Crippen molar-refractivity contribution in [1.82, 2.24) is 8.75 Å². The van der Waals surface area contributed by atoms with Crippen LogP contribution in [0.2, 0.25) is 0 Å².